The first-order chi connectivity index (χ1) is 20.1. The van der Waals surface area contributed by atoms with Gasteiger partial charge in [0.05, 0.1) is 24.3 Å². The molecule has 2 saturated heterocycles. The molecule has 5 rings (SSSR count). The van der Waals surface area contributed by atoms with E-state index in [2.05, 4.69) is 29.3 Å². The predicted octanol–water partition coefficient (Wildman–Crippen LogP) is 6.00. The van der Waals surface area contributed by atoms with Crippen molar-refractivity contribution in [3.8, 4) is 11.5 Å². The molecular formula is C34H47N3O4. The molecule has 222 valence electrons. The molecule has 2 amide bonds. The van der Waals surface area contributed by atoms with Crippen LogP contribution in [-0.4, -0.2) is 62.7 Å². The standard InChI is InChI=1S/C34H47N3O4/c1-2-24-40-31-15-14-28(26-29(31)36-20-8-3-9-21-36)32(38)37-22-17-34(18-23-37)16-7-6-12-27-11-4-5-13-30(27)41-25-10-19-35-33(34)39/h4-5,11,13-15,26H,2-3,6-10,12,16-25H2,1H3,(H,35,39). The zero-order valence-corrected chi connectivity index (χ0v) is 24.8. The Morgan fingerprint density at radius 1 is 0.951 bits per heavy atom. The number of fused-ring (bicyclic) bond motifs is 1. The van der Waals surface area contributed by atoms with Crippen molar-refractivity contribution in [2.45, 2.75) is 77.6 Å². The number of carbonyl (C=O) groups is 2. The highest BCUT2D eigenvalue weighted by Crippen LogP contribution is 2.39. The maximum absolute atomic E-state index is 13.7. The molecule has 0 saturated carbocycles. The number of hydrogen-bond donors (Lipinski definition) is 1. The van der Waals surface area contributed by atoms with Gasteiger partial charge in [-0.05, 0) is 94.0 Å². The van der Waals surface area contributed by atoms with Crippen molar-refractivity contribution in [2.75, 3.05) is 50.8 Å². The number of para-hydroxylation sites is 1. The van der Waals surface area contributed by atoms with Crippen LogP contribution in [-0.2, 0) is 11.2 Å². The van der Waals surface area contributed by atoms with Gasteiger partial charge in [0.1, 0.15) is 11.5 Å². The van der Waals surface area contributed by atoms with Crippen LogP contribution in [0.3, 0.4) is 0 Å². The minimum Gasteiger partial charge on any atom is -0.493 e. The van der Waals surface area contributed by atoms with Gasteiger partial charge in [-0.2, -0.15) is 0 Å². The van der Waals surface area contributed by atoms with Crippen LogP contribution in [0.15, 0.2) is 42.5 Å². The number of likely N-dealkylation sites (tertiary alicyclic amines) is 1. The number of amides is 2. The zero-order valence-electron chi connectivity index (χ0n) is 24.8. The van der Waals surface area contributed by atoms with E-state index in [1.807, 2.05) is 35.2 Å². The minimum absolute atomic E-state index is 0.0546. The molecule has 0 aromatic heterocycles. The van der Waals surface area contributed by atoms with Gasteiger partial charge in [0, 0.05) is 38.3 Å². The highest BCUT2D eigenvalue weighted by atomic mass is 16.5. The first kappa shape index (κ1) is 29.3. The summed E-state index contributed by atoms with van der Waals surface area (Å²) in [5, 5.41) is 3.21. The summed E-state index contributed by atoms with van der Waals surface area (Å²) in [5.41, 5.74) is 2.58. The second kappa shape index (κ2) is 14.1. The molecule has 2 fully saturated rings. The SMILES string of the molecule is CCCOc1ccc(C(=O)N2CCC3(CCCCc4ccccc4OCCCNC3=O)CC2)cc1N1CCCCC1. The Balaban J connectivity index is 1.26. The summed E-state index contributed by atoms with van der Waals surface area (Å²) in [7, 11) is 0. The highest BCUT2D eigenvalue weighted by Gasteiger charge is 2.41. The lowest BCUT2D eigenvalue weighted by Crippen LogP contribution is -2.50. The van der Waals surface area contributed by atoms with Gasteiger partial charge >= 0.3 is 0 Å². The second-order valence-electron chi connectivity index (χ2n) is 11.9. The van der Waals surface area contributed by atoms with Crippen molar-refractivity contribution >= 4 is 17.5 Å². The highest BCUT2D eigenvalue weighted by molar-refractivity contribution is 5.96. The summed E-state index contributed by atoms with van der Waals surface area (Å²) in [5.74, 6) is 2.04. The Morgan fingerprint density at radius 3 is 2.56 bits per heavy atom. The summed E-state index contributed by atoms with van der Waals surface area (Å²) < 4.78 is 12.1. The normalized spacial score (nSPS) is 20.1. The number of nitrogens with one attached hydrogen (secondary N) is 1. The summed E-state index contributed by atoms with van der Waals surface area (Å²) in [6, 6.07) is 14.2. The smallest absolute Gasteiger partial charge is 0.253 e. The molecule has 0 aliphatic carbocycles. The van der Waals surface area contributed by atoms with Gasteiger partial charge in [-0.25, -0.2) is 0 Å². The van der Waals surface area contributed by atoms with Gasteiger partial charge in [-0.1, -0.05) is 31.5 Å². The van der Waals surface area contributed by atoms with E-state index in [1.54, 1.807) is 0 Å². The van der Waals surface area contributed by atoms with E-state index in [9.17, 15) is 9.59 Å². The van der Waals surface area contributed by atoms with Crippen molar-refractivity contribution in [3.63, 3.8) is 0 Å². The third kappa shape index (κ3) is 7.17. The van der Waals surface area contributed by atoms with E-state index >= 15 is 0 Å². The molecule has 0 bridgehead atoms. The topological polar surface area (TPSA) is 71.1 Å². The Morgan fingerprint density at radius 2 is 1.76 bits per heavy atom. The average Bonchev–Trinajstić information content (AvgIpc) is 3.03. The molecule has 3 aliphatic heterocycles. The summed E-state index contributed by atoms with van der Waals surface area (Å²) in [6.07, 6.45) is 10.5. The fraction of sp³-hybridized carbons (Fsp3) is 0.588. The van der Waals surface area contributed by atoms with Crippen LogP contribution in [0, 0.1) is 5.41 Å². The van der Waals surface area contributed by atoms with E-state index in [0.717, 1.165) is 68.8 Å². The second-order valence-corrected chi connectivity index (χ2v) is 11.9. The Hall–Kier alpha value is -3.22. The molecule has 0 unspecified atom stereocenters. The molecule has 2 aromatic rings. The van der Waals surface area contributed by atoms with Crippen molar-refractivity contribution in [1.29, 1.82) is 0 Å². The van der Waals surface area contributed by atoms with Gasteiger partial charge in [0.15, 0.2) is 0 Å². The fourth-order valence-corrected chi connectivity index (χ4v) is 6.55. The van der Waals surface area contributed by atoms with Gasteiger partial charge in [-0.15, -0.1) is 0 Å². The summed E-state index contributed by atoms with van der Waals surface area (Å²) in [6.45, 7) is 7.18. The quantitative estimate of drug-likeness (QED) is 0.485. The monoisotopic (exact) mass is 561 g/mol. The van der Waals surface area contributed by atoms with Crippen LogP contribution in [0.1, 0.15) is 87.1 Å². The number of aryl methyl sites for hydroxylation is 1. The van der Waals surface area contributed by atoms with Crippen LogP contribution < -0.4 is 19.7 Å². The molecule has 1 N–H and O–H groups in total. The molecule has 0 atom stereocenters. The first-order valence-corrected chi connectivity index (χ1v) is 15.9. The molecule has 2 aromatic carbocycles. The summed E-state index contributed by atoms with van der Waals surface area (Å²) in [4.78, 5) is 31.6. The lowest BCUT2D eigenvalue weighted by molar-refractivity contribution is -0.134. The number of hydrogen-bond acceptors (Lipinski definition) is 5. The van der Waals surface area contributed by atoms with Crippen LogP contribution in [0.4, 0.5) is 5.69 Å². The Kier molecular flexibility index (Phi) is 10.1. The molecular weight excluding hydrogens is 514 g/mol. The van der Waals surface area contributed by atoms with Crippen LogP contribution in [0.25, 0.3) is 0 Å². The van der Waals surface area contributed by atoms with Crippen molar-refractivity contribution in [3.05, 3.63) is 53.6 Å². The minimum atomic E-state index is -0.415. The Labute approximate surface area is 245 Å². The number of carbonyl (C=O) groups excluding carboxylic acids is 2. The third-order valence-corrected chi connectivity index (χ3v) is 9.04. The number of nitrogens with zero attached hydrogens (tertiary/aromatic N) is 2. The number of rotatable bonds is 5. The molecule has 7 heteroatoms. The maximum Gasteiger partial charge on any atom is 0.253 e. The van der Waals surface area contributed by atoms with E-state index in [4.69, 9.17) is 9.47 Å². The van der Waals surface area contributed by atoms with Crippen LogP contribution in [0.5, 0.6) is 11.5 Å². The third-order valence-electron chi connectivity index (χ3n) is 9.04. The molecule has 41 heavy (non-hydrogen) atoms. The average molecular weight is 562 g/mol. The van der Waals surface area contributed by atoms with Crippen LogP contribution >= 0.6 is 0 Å². The van der Waals surface area contributed by atoms with E-state index < -0.39 is 5.41 Å². The number of ether oxygens (including phenoxy) is 2. The summed E-state index contributed by atoms with van der Waals surface area (Å²) >= 11 is 0. The molecule has 0 radical (unpaired) electrons. The van der Waals surface area contributed by atoms with Gasteiger partial charge in [-0.3, -0.25) is 9.59 Å². The van der Waals surface area contributed by atoms with Crippen LogP contribution in [0.2, 0.25) is 0 Å². The zero-order chi connectivity index (χ0) is 28.5. The van der Waals surface area contributed by atoms with Crippen molar-refractivity contribution < 1.29 is 19.1 Å². The molecule has 7 nitrogen and oxygen atoms in total. The molecule has 1 spiro atoms. The maximum atomic E-state index is 13.7. The number of benzene rings is 2. The lowest BCUT2D eigenvalue weighted by atomic mass is 9.73. The van der Waals surface area contributed by atoms with E-state index in [1.165, 1.54) is 24.8 Å². The van der Waals surface area contributed by atoms with Crippen molar-refractivity contribution in [2.24, 2.45) is 5.41 Å². The van der Waals surface area contributed by atoms with Gasteiger partial charge in [0.2, 0.25) is 5.91 Å². The largest absolute Gasteiger partial charge is 0.493 e. The number of piperidine rings is 2. The molecule has 3 heterocycles. The first-order valence-electron chi connectivity index (χ1n) is 15.9. The number of anilines is 1. The van der Waals surface area contributed by atoms with Gasteiger partial charge < -0.3 is 24.6 Å². The fourth-order valence-electron chi connectivity index (χ4n) is 6.55. The van der Waals surface area contributed by atoms with Crippen molar-refractivity contribution in [1.82, 2.24) is 10.2 Å². The predicted molar refractivity (Wildman–Crippen MR) is 163 cm³/mol. The lowest BCUT2D eigenvalue weighted by Gasteiger charge is -2.41. The van der Waals surface area contributed by atoms with E-state index in [-0.39, 0.29) is 11.8 Å². The van der Waals surface area contributed by atoms with E-state index in [0.29, 0.717) is 51.3 Å². The molecule has 3 aliphatic rings. The van der Waals surface area contributed by atoms with Gasteiger partial charge in [0.25, 0.3) is 5.91 Å². The Bertz CT molecular complexity index is 1170.